The molecule has 0 aliphatic carbocycles. The fraction of sp³-hybridized carbons (Fsp3) is 0.273. The molecule has 7 nitrogen and oxygen atoms in total. The first-order valence-electron chi connectivity index (χ1n) is 9.75. The third kappa shape index (κ3) is 4.18. The van der Waals surface area contributed by atoms with Gasteiger partial charge in [0.1, 0.15) is 5.71 Å². The first-order chi connectivity index (χ1) is 14.1. The number of carbonyl (C=O) groups excluding carboxylic acids is 3. The van der Waals surface area contributed by atoms with Crippen LogP contribution in [0.4, 0.5) is 11.4 Å². The molecule has 4 rings (SSSR count). The van der Waals surface area contributed by atoms with Crippen LogP contribution in [-0.2, 0) is 20.9 Å². The van der Waals surface area contributed by atoms with Gasteiger partial charge in [-0.3, -0.25) is 14.4 Å². The first-order valence-corrected chi connectivity index (χ1v) is 9.75. The highest BCUT2D eigenvalue weighted by atomic mass is 16.2. The number of hydrogen-bond acceptors (Lipinski definition) is 4. The van der Waals surface area contributed by atoms with E-state index in [-0.39, 0.29) is 24.1 Å². The predicted octanol–water partition coefficient (Wildman–Crippen LogP) is 2.61. The fourth-order valence-corrected chi connectivity index (χ4v) is 3.49. The zero-order valence-electron chi connectivity index (χ0n) is 16.0. The highest BCUT2D eigenvalue weighted by Crippen LogP contribution is 2.22. The first kappa shape index (κ1) is 18.9. The van der Waals surface area contributed by atoms with Gasteiger partial charge in [-0.05, 0) is 36.2 Å². The monoisotopic (exact) mass is 390 g/mol. The molecule has 0 atom stereocenters. The largest absolute Gasteiger partial charge is 0.347 e. The third-order valence-corrected chi connectivity index (χ3v) is 5.07. The molecule has 2 aromatic carbocycles. The van der Waals surface area contributed by atoms with Crippen molar-refractivity contribution in [3.63, 3.8) is 0 Å². The summed E-state index contributed by atoms with van der Waals surface area (Å²) in [6.45, 7) is 1.11. The molecule has 1 fully saturated rings. The van der Waals surface area contributed by atoms with Crippen molar-refractivity contribution in [3.05, 3.63) is 60.2 Å². The van der Waals surface area contributed by atoms with Crippen LogP contribution in [0.3, 0.4) is 0 Å². The molecule has 148 valence electrons. The smallest absolute Gasteiger partial charge is 0.267 e. The molecule has 0 saturated carbocycles. The Morgan fingerprint density at radius 3 is 2.34 bits per heavy atom. The van der Waals surface area contributed by atoms with Gasteiger partial charge in [-0.25, -0.2) is 5.01 Å². The summed E-state index contributed by atoms with van der Waals surface area (Å²) in [7, 11) is 0. The van der Waals surface area contributed by atoms with Crippen LogP contribution >= 0.6 is 0 Å². The molecule has 1 N–H and O–H groups in total. The summed E-state index contributed by atoms with van der Waals surface area (Å²) in [5, 5.41) is 8.42. The highest BCUT2D eigenvalue weighted by molar-refractivity contribution is 6.40. The van der Waals surface area contributed by atoms with E-state index in [9.17, 15) is 14.4 Å². The number of benzene rings is 2. The number of carbonyl (C=O) groups is 3. The molecule has 1 saturated heterocycles. The topological polar surface area (TPSA) is 82.1 Å². The molecule has 0 unspecified atom stereocenters. The molecule has 7 heteroatoms. The van der Waals surface area contributed by atoms with Crippen LogP contribution in [0.1, 0.15) is 31.2 Å². The van der Waals surface area contributed by atoms with Gasteiger partial charge in [0.05, 0.1) is 5.69 Å². The average molecular weight is 390 g/mol. The van der Waals surface area contributed by atoms with Crippen LogP contribution in [0, 0.1) is 0 Å². The van der Waals surface area contributed by atoms with Crippen molar-refractivity contribution in [2.75, 3.05) is 16.5 Å². The van der Waals surface area contributed by atoms with Gasteiger partial charge in [-0.2, -0.15) is 5.10 Å². The number of hydrazone groups is 1. The van der Waals surface area contributed by atoms with Crippen molar-refractivity contribution in [2.45, 2.75) is 32.2 Å². The van der Waals surface area contributed by atoms with Crippen LogP contribution in [0.15, 0.2) is 59.7 Å². The molecular weight excluding hydrogens is 368 g/mol. The number of amides is 3. The van der Waals surface area contributed by atoms with Gasteiger partial charge in [0, 0.05) is 38.0 Å². The van der Waals surface area contributed by atoms with Crippen molar-refractivity contribution in [2.24, 2.45) is 5.10 Å². The fourth-order valence-electron chi connectivity index (χ4n) is 3.49. The number of para-hydroxylation sites is 1. The van der Waals surface area contributed by atoms with Crippen LogP contribution in [0.2, 0.25) is 0 Å². The van der Waals surface area contributed by atoms with Crippen LogP contribution < -0.4 is 15.2 Å². The second kappa shape index (κ2) is 8.26. The molecule has 2 aliphatic rings. The molecule has 29 heavy (non-hydrogen) atoms. The second-order valence-corrected chi connectivity index (χ2v) is 7.09. The lowest BCUT2D eigenvalue weighted by Gasteiger charge is -2.23. The second-order valence-electron chi connectivity index (χ2n) is 7.09. The van der Waals surface area contributed by atoms with Crippen LogP contribution in [-0.4, -0.2) is 30.0 Å². The summed E-state index contributed by atoms with van der Waals surface area (Å²) in [6.07, 6.45) is 2.06. The minimum absolute atomic E-state index is 0.125. The quantitative estimate of drug-likeness (QED) is 0.852. The minimum Gasteiger partial charge on any atom is -0.347 e. The maximum atomic E-state index is 12.5. The molecule has 2 aliphatic heterocycles. The van der Waals surface area contributed by atoms with Crippen LogP contribution in [0.25, 0.3) is 0 Å². The zero-order valence-corrected chi connectivity index (χ0v) is 16.0. The summed E-state index contributed by atoms with van der Waals surface area (Å²) >= 11 is 0. The van der Waals surface area contributed by atoms with Gasteiger partial charge >= 0.3 is 0 Å². The van der Waals surface area contributed by atoms with Gasteiger partial charge in [0.2, 0.25) is 11.8 Å². The Kier molecular flexibility index (Phi) is 5.37. The summed E-state index contributed by atoms with van der Waals surface area (Å²) < 4.78 is 0. The van der Waals surface area contributed by atoms with Crippen LogP contribution in [0.5, 0.6) is 0 Å². The Labute approximate surface area is 169 Å². The predicted molar refractivity (Wildman–Crippen MR) is 110 cm³/mol. The minimum atomic E-state index is -0.280. The van der Waals surface area contributed by atoms with Crippen molar-refractivity contribution in [1.29, 1.82) is 0 Å². The molecule has 0 spiro atoms. The summed E-state index contributed by atoms with van der Waals surface area (Å²) in [5.74, 6) is -0.254. The molecule has 2 heterocycles. The standard InChI is InChI=1S/C22H22N4O3/c27-20-7-4-14-25(20)17-10-8-16(9-11-17)15-23-22(29)19-12-13-21(28)26(24-19)18-5-2-1-3-6-18/h1-3,5-6,8-11H,4,7,12-15H2,(H,23,29). The zero-order chi connectivity index (χ0) is 20.2. The maximum Gasteiger partial charge on any atom is 0.267 e. The van der Waals surface area contributed by atoms with E-state index in [0.29, 0.717) is 30.8 Å². The van der Waals surface area contributed by atoms with Gasteiger partial charge in [0.15, 0.2) is 0 Å². The van der Waals surface area contributed by atoms with E-state index < -0.39 is 0 Å². The van der Waals surface area contributed by atoms with Crippen molar-refractivity contribution in [3.8, 4) is 0 Å². The van der Waals surface area contributed by atoms with Gasteiger partial charge in [0.25, 0.3) is 5.91 Å². The summed E-state index contributed by atoms with van der Waals surface area (Å²) in [6, 6.07) is 16.7. The average Bonchev–Trinajstić information content (AvgIpc) is 3.19. The Morgan fingerprint density at radius 2 is 1.66 bits per heavy atom. The Morgan fingerprint density at radius 1 is 0.897 bits per heavy atom. The number of anilines is 2. The van der Waals surface area contributed by atoms with Gasteiger partial charge in [-0.1, -0.05) is 30.3 Å². The third-order valence-electron chi connectivity index (χ3n) is 5.07. The molecule has 0 aromatic heterocycles. The molecule has 3 amide bonds. The number of nitrogens with one attached hydrogen (secondary N) is 1. The van der Waals surface area contributed by atoms with E-state index in [2.05, 4.69) is 10.4 Å². The molecule has 0 radical (unpaired) electrons. The van der Waals surface area contributed by atoms with E-state index >= 15 is 0 Å². The van der Waals surface area contributed by atoms with E-state index in [1.165, 1.54) is 5.01 Å². The Bertz CT molecular complexity index is 954. The van der Waals surface area contributed by atoms with Gasteiger partial charge in [-0.15, -0.1) is 0 Å². The lowest BCUT2D eigenvalue weighted by Crippen LogP contribution is -2.38. The van der Waals surface area contributed by atoms with E-state index in [1.54, 1.807) is 17.0 Å². The number of nitrogens with zero attached hydrogens (tertiary/aromatic N) is 3. The Hall–Kier alpha value is -3.48. The van der Waals surface area contributed by atoms with Crippen molar-refractivity contribution >= 4 is 34.8 Å². The van der Waals surface area contributed by atoms with Crippen molar-refractivity contribution < 1.29 is 14.4 Å². The van der Waals surface area contributed by atoms with Crippen molar-refractivity contribution in [1.82, 2.24) is 5.32 Å². The van der Waals surface area contributed by atoms with E-state index in [4.69, 9.17) is 0 Å². The van der Waals surface area contributed by atoms with E-state index in [1.807, 2.05) is 42.5 Å². The number of rotatable bonds is 5. The lowest BCUT2D eigenvalue weighted by molar-refractivity contribution is -0.119. The summed E-state index contributed by atoms with van der Waals surface area (Å²) in [4.78, 5) is 38.3. The van der Waals surface area contributed by atoms with Gasteiger partial charge < -0.3 is 10.2 Å². The normalized spacial score (nSPS) is 16.8. The molecule has 2 aromatic rings. The Balaban J connectivity index is 1.39. The molecular formula is C22H22N4O3. The maximum absolute atomic E-state index is 12.5. The SMILES string of the molecule is O=C(NCc1ccc(N2CCCC2=O)cc1)C1=NN(c2ccccc2)C(=O)CC1. The highest BCUT2D eigenvalue weighted by Gasteiger charge is 2.25. The lowest BCUT2D eigenvalue weighted by atomic mass is 10.1. The molecule has 0 bridgehead atoms. The summed E-state index contributed by atoms with van der Waals surface area (Å²) in [5.41, 5.74) is 2.81. The number of hydrogen-bond donors (Lipinski definition) is 1. The van der Waals surface area contributed by atoms with E-state index in [0.717, 1.165) is 24.2 Å².